The molecule has 0 rings (SSSR count). The zero-order valence-electron chi connectivity index (χ0n) is 7.84. The molecule has 0 bridgehead atoms. The first-order valence-corrected chi connectivity index (χ1v) is 4.40. The van der Waals surface area contributed by atoms with Gasteiger partial charge in [0.25, 0.3) is 0 Å². The lowest BCUT2D eigenvalue weighted by atomic mass is 9.78. The second-order valence-corrected chi connectivity index (χ2v) is 3.23. The third-order valence-electron chi connectivity index (χ3n) is 2.38. The van der Waals surface area contributed by atoms with Crippen LogP contribution in [0.3, 0.4) is 0 Å². The highest BCUT2D eigenvalue weighted by molar-refractivity contribution is 4.89. The molecule has 0 aliphatic heterocycles. The molecule has 0 saturated carbocycles. The minimum atomic E-state index is -0.148. The number of nitroso groups, excluding NO2 is 1. The smallest absolute Gasteiger partial charge is 0.0877 e. The first kappa shape index (κ1) is 11.1. The average Bonchev–Trinajstić information content (AvgIpc) is 2.06. The summed E-state index contributed by atoms with van der Waals surface area (Å²) in [4.78, 5) is 10.2. The average molecular weight is 168 g/mol. The van der Waals surface area contributed by atoms with E-state index in [-0.39, 0.29) is 12.0 Å². The molecule has 0 aliphatic rings. The topological polar surface area (TPSA) is 53.2 Å². The minimum absolute atomic E-state index is 0.148. The second-order valence-electron chi connectivity index (χ2n) is 3.23. The number of hydrogen-bond donors (Lipinski definition) is 0. The van der Waals surface area contributed by atoms with Crippen LogP contribution in [0.1, 0.15) is 39.5 Å². The molecular weight excluding hydrogens is 152 g/mol. The van der Waals surface area contributed by atoms with E-state index in [1.807, 2.05) is 6.92 Å². The highest BCUT2D eigenvalue weighted by Crippen LogP contribution is 2.32. The molecule has 0 heterocycles. The van der Waals surface area contributed by atoms with Gasteiger partial charge >= 0.3 is 0 Å². The summed E-state index contributed by atoms with van der Waals surface area (Å²) < 4.78 is 0. The lowest BCUT2D eigenvalue weighted by Crippen LogP contribution is -2.22. The van der Waals surface area contributed by atoms with Crippen molar-refractivity contribution >= 4 is 0 Å². The van der Waals surface area contributed by atoms with Gasteiger partial charge in [0.05, 0.1) is 12.6 Å². The van der Waals surface area contributed by atoms with Crippen molar-refractivity contribution in [2.24, 2.45) is 10.6 Å². The van der Waals surface area contributed by atoms with Gasteiger partial charge in [0.2, 0.25) is 0 Å². The Morgan fingerprint density at radius 1 is 1.50 bits per heavy atom. The molecule has 0 aromatic heterocycles. The van der Waals surface area contributed by atoms with Crippen molar-refractivity contribution in [2.45, 2.75) is 39.5 Å². The van der Waals surface area contributed by atoms with E-state index in [0.717, 1.165) is 19.3 Å². The molecule has 1 atom stereocenters. The predicted octanol–water partition coefficient (Wildman–Crippen LogP) is 2.86. The highest BCUT2D eigenvalue weighted by Gasteiger charge is 2.27. The van der Waals surface area contributed by atoms with Crippen molar-refractivity contribution in [1.82, 2.24) is 0 Å². The predicted molar refractivity (Wildman–Crippen MR) is 48.5 cm³/mol. The molecule has 0 N–H and O–H groups in total. The van der Waals surface area contributed by atoms with Crippen molar-refractivity contribution < 1.29 is 0 Å². The maximum absolute atomic E-state index is 10.2. The first-order valence-electron chi connectivity index (χ1n) is 4.40. The second kappa shape index (κ2) is 5.70. The summed E-state index contributed by atoms with van der Waals surface area (Å²) in [5.41, 5.74) is -0.148. The van der Waals surface area contributed by atoms with Gasteiger partial charge in [0.15, 0.2) is 0 Å². The summed E-state index contributed by atoms with van der Waals surface area (Å²) in [6, 6.07) is 2.13. The van der Waals surface area contributed by atoms with Gasteiger partial charge in [-0.25, -0.2) is 0 Å². The van der Waals surface area contributed by atoms with Crippen molar-refractivity contribution in [3.05, 3.63) is 4.91 Å². The Morgan fingerprint density at radius 3 is 2.50 bits per heavy atom. The van der Waals surface area contributed by atoms with Crippen molar-refractivity contribution in [3.8, 4) is 6.07 Å². The van der Waals surface area contributed by atoms with Gasteiger partial charge < -0.3 is 0 Å². The third-order valence-corrected chi connectivity index (χ3v) is 2.38. The van der Waals surface area contributed by atoms with Gasteiger partial charge in [-0.05, 0) is 12.8 Å². The normalized spacial score (nSPS) is 14.8. The third kappa shape index (κ3) is 3.00. The molecule has 0 radical (unpaired) electrons. The molecule has 68 valence electrons. The van der Waals surface area contributed by atoms with Crippen LogP contribution in [0.15, 0.2) is 5.18 Å². The van der Waals surface area contributed by atoms with E-state index in [4.69, 9.17) is 5.26 Å². The van der Waals surface area contributed by atoms with E-state index in [1.54, 1.807) is 0 Å². The van der Waals surface area contributed by atoms with Gasteiger partial charge in [-0.15, -0.1) is 0 Å². The Kier molecular flexibility index (Phi) is 5.27. The minimum Gasteiger partial charge on any atom is -0.198 e. The number of rotatable bonds is 6. The Balaban J connectivity index is 4.28. The monoisotopic (exact) mass is 168 g/mol. The van der Waals surface area contributed by atoms with E-state index in [9.17, 15) is 4.91 Å². The zero-order valence-corrected chi connectivity index (χ0v) is 7.84. The lowest BCUT2D eigenvalue weighted by Gasteiger charge is -2.26. The molecule has 3 heteroatoms. The van der Waals surface area contributed by atoms with Crippen LogP contribution in [-0.4, -0.2) is 6.54 Å². The summed E-state index contributed by atoms with van der Waals surface area (Å²) >= 11 is 0. The number of nitrogens with zero attached hydrogens (tertiary/aromatic N) is 2. The molecule has 0 aromatic carbocycles. The Hall–Kier alpha value is -0.910. The lowest BCUT2D eigenvalue weighted by molar-refractivity contribution is 0.265. The van der Waals surface area contributed by atoms with Crippen LogP contribution in [0.25, 0.3) is 0 Å². The number of nitriles is 1. The summed E-state index contributed by atoms with van der Waals surface area (Å²) in [6.07, 6.45) is 3.23. The fraction of sp³-hybridized carbons (Fsp3) is 0.889. The zero-order chi connectivity index (χ0) is 9.45. The molecule has 0 unspecified atom stereocenters. The summed E-state index contributed by atoms with van der Waals surface area (Å²) in [5, 5.41) is 11.5. The maximum Gasteiger partial charge on any atom is 0.0877 e. The van der Waals surface area contributed by atoms with Crippen molar-refractivity contribution in [1.29, 1.82) is 5.26 Å². The Bertz CT molecular complexity index is 174. The van der Waals surface area contributed by atoms with E-state index in [0.29, 0.717) is 6.42 Å². The molecule has 0 fully saturated rings. The van der Waals surface area contributed by atoms with Gasteiger partial charge in [-0.1, -0.05) is 25.4 Å². The van der Waals surface area contributed by atoms with Crippen LogP contribution in [0.4, 0.5) is 0 Å². The number of hydrogen-bond acceptors (Lipinski definition) is 3. The first-order chi connectivity index (χ1) is 5.74. The van der Waals surface area contributed by atoms with Crippen LogP contribution >= 0.6 is 0 Å². The molecule has 0 amide bonds. The maximum atomic E-state index is 10.2. The standard InChI is InChI=1S/C9H16N2O/c1-3-5-9(4-2,6-7-10)8-11-12/h3-6,8H2,1-2H3/t9-/m1/s1. The van der Waals surface area contributed by atoms with Crippen LogP contribution in [-0.2, 0) is 0 Å². The van der Waals surface area contributed by atoms with E-state index >= 15 is 0 Å². The SMILES string of the molecule is CCC[C@](CC)(CC#N)CN=O. The molecule has 0 spiro atoms. The Morgan fingerprint density at radius 2 is 2.17 bits per heavy atom. The molecule has 3 nitrogen and oxygen atoms in total. The summed E-state index contributed by atoms with van der Waals surface area (Å²) in [5.74, 6) is 0. The molecule has 0 saturated heterocycles. The molecule has 12 heavy (non-hydrogen) atoms. The quantitative estimate of drug-likeness (QED) is 0.572. The van der Waals surface area contributed by atoms with Crippen molar-refractivity contribution in [2.75, 3.05) is 6.54 Å². The molecule has 0 aliphatic carbocycles. The van der Waals surface area contributed by atoms with Crippen molar-refractivity contribution in [3.63, 3.8) is 0 Å². The van der Waals surface area contributed by atoms with Crippen LogP contribution in [0.2, 0.25) is 0 Å². The van der Waals surface area contributed by atoms with Gasteiger partial charge in [0, 0.05) is 11.8 Å². The highest BCUT2D eigenvalue weighted by atomic mass is 16.3. The fourth-order valence-electron chi connectivity index (χ4n) is 1.47. The van der Waals surface area contributed by atoms with Gasteiger partial charge in [-0.2, -0.15) is 10.2 Å². The molecular formula is C9H16N2O. The Labute approximate surface area is 73.7 Å². The summed E-state index contributed by atoms with van der Waals surface area (Å²) in [7, 11) is 0. The largest absolute Gasteiger partial charge is 0.198 e. The van der Waals surface area contributed by atoms with E-state index in [2.05, 4.69) is 18.2 Å². The summed E-state index contributed by atoms with van der Waals surface area (Å²) in [6.45, 7) is 4.36. The van der Waals surface area contributed by atoms with Crippen LogP contribution in [0, 0.1) is 21.7 Å². The van der Waals surface area contributed by atoms with E-state index in [1.165, 1.54) is 0 Å². The van der Waals surface area contributed by atoms with Gasteiger partial charge in [-0.3, -0.25) is 0 Å². The van der Waals surface area contributed by atoms with Crippen LogP contribution in [0.5, 0.6) is 0 Å². The van der Waals surface area contributed by atoms with Gasteiger partial charge in [0.1, 0.15) is 0 Å². The van der Waals surface area contributed by atoms with E-state index < -0.39 is 0 Å². The van der Waals surface area contributed by atoms with Crippen LogP contribution < -0.4 is 0 Å². The fourth-order valence-corrected chi connectivity index (χ4v) is 1.47. The molecule has 0 aromatic rings.